The molecule has 7 nitrogen and oxygen atoms in total. The second-order valence-corrected chi connectivity index (χ2v) is 4.72. The van der Waals surface area contributed by atoms with Crippen molar-refractivity contribution in [2.75, 3.05) is 0 Å². The summed E-state index contributed by atoms with van der Waals surface area (Å²) >= 11 is 0. The summed E-state index contributed by atoms with van der Waals surface area (Å²) in [5.41, 5.74) is 0.463. The summed E-state index contributed by atoms with van der Waals surface area (Å²) < 4.78 is 11.7. The number of hydrogen-bond acceptors (Lipinski definition) is 5. The van der Waals surface area contributed by atoms with E-state index in [0.29, 0.717) is 12.0 Å². The predicted molar refractivity (Wildman–Crippen MR) is 73.9 cm³/mol. The molecule has 0 saturated heterocycles. The molecule has 0 radical (unpaired) electrons. The molecule has 0 bridgehead atoms. The standard InChI is InChI=1S/C14H17N3O4/c1-10(20-13(18)12-3-4-15-8-12)7-11(2)21-14(19)17-6-5-16-9-17/h3-6,8-11,15H,7H2,1-2H3. The molecule has 2 aromatic heterocycles. The number of carbonyl (C=O) groups is 2. The van der Waals surface area contributed by atoms with Crippen molar-refractivity contribution in [1.29, 1.82) is 0 Å². The average Bonchev–Trinajstić information content (AvgIpc) is 3.12. The number of nitrogens with zero attached hydrogens (tertiary/aromatic N) is 2. The van der Waals surface area contributed by atoms with Crippen LogP contribution in [-0.2, 0) is 9.47 Å². The van der Waals surface area contributed by atoms with Gasteiger partial charge < -0.3 is 14.5 Å². The fourth-order valence-electron chi connectivity index (χ4n) is 1.87. The van der Waals surface area contributed by atoms with Gasteiger partial charge in [0.05, 0.1) is 5.56 Å². The Morgan fingerprint density at radius 1 is 1.33 bits per heavy atom. The quantitative estimate of drug-likeness (QED) is 0.854. The minimum absolute atomic E-state index is 0.363. The van der Waals surface area contributed by atoms with E-state index in [1.807, 2.05) is 0 Å². The molecule has 2 atom stereocenters. The van der Waals surface area contributed by atoms with Crippen molar-refractivity contribution in [2.24, 2.45) is 0 Å². The molecule has 0 aliphatic rings. The first-order chi connectivity index (χ1) is 10.1. The van der Waals surface area contributed by atoms with E-state index >= 15 is 0 Å². The highest BCUT2D eigenvalue weighted by Gasteiger charge is 2.18. The van der Waals surface area contributed by atoms with Crippen LogP contribution in [-0.4, -0.2) is 38.8 Å². The van der Waals surface area contributed by atoms with Crippen LogP contribution >= 0.6 is 0 Å². The SMILES string of the molecule is CC(CC(C)OC(=O)n1ccnc1)OC(=O)c1cc[nH]c1. The molecule has 2 rings (SSSR count). The Hall–Kier alpha value is -2.57. The van der Waals surface area contributed by atoms with Gasteiger partial charge in [0, 0.05) is 31.2 Å². The molecule has 112 valence electrons. The Morgan fingerprint density at radius 2 is 2.10 bits per heavy atom. The van der Waals surface area contributed by atoms with E-state index < -0.39 is 12.1 Å². The van der Waals surface area contributed by atoms with Crippen LogP contribution in [0.3, 0.4) is 0 Å². The van der Waals surface area contributed by atoms with Gasteiger partial charge in [0.15, 0.2) is 0 Å². The fourth-order valence-corrected chi connectivity index (χ4v) is 1.87. The van der Waals surface area contributed by atoms with Crippen LogP contribution in [0.15, 0.2) is 37.2 Å². The third-order valence-electron chi connectivity index (χ3n) is 2.82. The number of aromatic amines is 1. The second kappa shape index (κ2) is 6.74. The molecule has 21 heavy (non-hydrogen) atoms. The third kappa shape index (κ3) is 4.20. The van der Waals surface area contributed by atoms with Crippen molar-refractivity contribution in [1.82, 2.24) is 14.5 Å². The summed E-state index contributed by atoms with van der Waals surface area (Å²) in [5.74, 6) is -0.406. The molecule has 0 aliphatic carbocycles. The normalized spacial score (nSPS) is 13.4. The number of carbonyl (C=O) groups excluding carboxylic acids is 2. The largest absolute Gasteiger partial charge is 0.459 e. The fraction of sp³-hybridized carbons (Fsp3) is 0.357. The van der Waals surface area contributed by atoms with Gasteiger partial charge in [-0.25, -0.2) is 19.1 Å². The molecule has 1 N–H and O–H groups in total. The summed E-state index contributed by atoms with van der Waals surface area (Å²) in [5, 5.41) is 0. The number of ether oxygens (including phenoxy) is 2. The van der Waals surface area contributed by atoms with Gasteiger partial charge in [0.1, 0.15) is 18.5 Å². The maximum atomic E-state index is 11.7. The molecular formula is C14H17N3O4. The maximum Gasteiger partial charge on any atom is 0.419 e. The maximum absolute atomic E-state index is 11.7. The monoisotopic (exact) mass is 291 g/mol. The van der Waals surface area contributed by atoms with E-state index in [2.05, 4.69) is 9.97 Å². The van der Waals surface area contributed by atoms with E-state index in [1.165, 1.54) is 23.3 Å². The molecule has 2 heterocycles. The summed E-state index contributed by atoms with van der Waals surface area (Å²) in [6.45, 7) is 3.50. The van der Waals surface area contributed by atoms with Crippen molar-refractivity contribution in [3.63, 3.8) is 0 Å². The van der Waals surface area contributed by atoms with E-state index in [4.69, 9.17) is 9.47 Å². The van der Waals surface area contributed by atoms with Crippen LogP contribution < -0.4 is 0 Å². The van der Waals surface area contributed by atoms with Crippen molar-refractivity contribution in [3.8, 4) is 0 Å². The first-order valence-electron chi connectivity index (χ1n) is 6.59. The predicted octanol–water partition coefficient (Wildman–Crippen LogP) is 2.22. The first-order valence-corrected chi connectivity index (χ1v) is 6.59. The Bertz CT molecular complexity index is 525. The third-order valence-corrected chi connectivity index (χ3v) is 2.82. The van der Waals surface area contributed by atoms with Crippen LogP contribution in [0.2, 0.25) is 0 Å². The topological polar surface area (TPSA) is 86.2 Å². The second-order valence-electron chi connectivity index (χ2n) is 4.72. The molecule has 2 unspecified atom stereocenters. The number of esters is 1. The van der Waals surface area contributed by atoms with E-state index in [9.17, 15) is 9.59 Å². The van der Waals surface area contributed by atoms with Crippen LogP contribution in [0.5, 0.6) is 0 Å². The molecule has 0 aromatic carbocycles. The molecule has 0 saturated carbocycles. The molecular weight excluding hydrogens is 274 g/mol. The van der Waals surface area contributed by atoms with E-state index in [0.717, 1.165) is 0 Å². The summed E-state index contributed by atoms with van der Waals surface area (Å²) in [6, 6.07) is 1.64. The van der Waals surface area contributed by atoms with Gasteiger partial charge in [-0.1, -0.05) is 0 Å². The highest BCUT2D eigenvalue weighted by atomic mass is 16.6. The van der Waals surface area contributed by atoms with Gasteiger partial charge in [-0.3, -0.25) is 0 Å². The molecule has 7 heteroatoms. The zero-order valence-electron chi connectivity index (χ0n) is 11.9. The summed E-state index contributed by atoms with van der Waals surface area (Å²) in [4.78, 5) is 30.0. The molecule has 0 amide bonds. The molecule has 0 spiro atoms. The van der Waals surface area contributed by atoms with E-state index in [-0.39, 0.29) is 12.2 Å². The number of nitrogens with one attached hydrogen (secondary N) is 1. The lowest BCUT2D eigenvalue weighted by Gasteiger charge is -2.18. The zero-order chi connectivity index (χ0) is 15.2. The Labute approximate surface area is 121 Å². The first kappa shape index (κ1) is 14.8. The zero-order valence-corrected chi connectivity index (χ0v) is 11.9. The highest BCUT2D eigenvalue weighted by Crippen LogP contribution is 2.10. The smallest absolute Gasteiger partial charge is 0.419 e. The lowest BCUT2D eigenvalue weighted by molar-refractivity contribution is 0.0190. The van der Waals surface area contributed by atoms with Crippen LogP contribution in [0.25, 0.3) is 0 Å². The lowest BCUT2D eigenvalue weighted by atomic mass is 10.2. The van der Waals surface area contributed by atoms with Gasteiger partial charge in [0.25, 0.3) is 0 Å². The molecule has 0 fully saturated rings. The average molecular weight is 291 g/mol. The number of H-pyrrole nitrogens is 1. The highest BCUT2D eigenvalue weighted by molar-refractivity contribution is 5.89. The van der Waals surface area contributed by atoms with Gasteiger partial charge in [-0.05, 0) is 19.9 Å². The van der Waals surface area contributed by atoms with Crippen molar-refractivity contribution >= 4 is 12.1 Å². The molecule has 2 aromatic rings. The van der Waals surface area contributed by atoms with Crippen LogP contribution in [0.4, 0.5) is 4.79 Å². The number of hydrogen-bond donors (Lipinski definition) is 1. The number of imidazole rings is 1. The number of aromatic nitrogens is 3. The minimum atomic E-state index is -0.510. The number of rotatable bonds is 5. The molecule has 0 aliphatic heterocycles. The van der Waals surface area contributed by atoms with Gasteiger partial charge in [-0.15, -0.1) is 0 Å². The van der Waals surface area contributed by atoms with Gasteiger partial charge in [-0.2, -0.15) is 0 Å². The Kier molecular flexibility index (Phi) is 4.76. The Balaban J connectivity index is 1.78. The Morgan fingerprint density at radius 3 is 2.71 bits per heavy atom. The minimum Gasteiger partial charge on any atom is -0.459 e. The van der Waals surface area contributed by atoms with Crippen molar-refractivity contribution < 1.29 is 19.1 Å². The summed E-state index contributed by atoms with van der Waals surface area (Å²) in [7, 11) is 0. The van der Waals surface area contributed by atoms with Gasteiger partial charge in [0.2, 0.25) is 0 Å². The summed E-state index contributed by atoms with van der Waals surface area (Å²) in [6.07, 6.45) is 6.74. The van der Waals surface area contributed by atoms with Gasteiger partial charge >= 0.3 is 12.1 Å². The van der Waals surface area contributed by atoms with Crippen LogP contribution in [0.1, 0.15) is 30.6 Å². The van der Waals surface area contributed by atoms with E-state index in [1.54, 1.807) is 32.3 Å². The van der Waals surface area contributed by atoms with Crippen LogP contribution in [0, 0.1) is 0 Å². The van der Waals surface area contributed by atoms with Crippen molar-refractivity contribution in [2.45, 2.75) is 32.5 Å². The lowest BCUT2D eigenvalue weighted by Crippen LogP contribution is -2.25. The van der Waals surface area contributed by atoms with Crippen molar-refractivity contribution in [3.05, 3.63) is 42.7 Å².